The van der Waals surface area contributed by atoms with E-state index in [0.29, 0.717) is 25.7 Å². The Hall–Kier alpha value is -1.10. The first-order valence-electron chi connectivity index (χ1n) is 8.92. The smallest absolute Gasteiger partial charge is 0.239 e. The molecule has 2 amide bonds. The second kappa shape index (κ2) is 9.82. The summed E-state index contributed by atoms with van der Waals surface area (Å²) in [4.78, 5) is 25.4. The number of hydrogen-bond donors (Lipinski definition) is 1. The standard InChI is InChI=1S/C17H30N2O3/c20-16(14-19-12-6-2-5-10-17(19)21)18-11-7-13-22-15-8-3-1-4-9-15/h15H,1-14H2,(H,18,20). The van der Waals surface area contributed by atoms with Gasteiger partial charge in [0, 0.05) is 26.1 Å². The van der Waals surface area contributed by atoms with E-state index in [2.05, 4.69) is 5.32 Å². The molecule has 1 saturated heterocycles. The lowest BCUT2D eigenvalue weighted by molar-refractivity contribution is -0.135. The number of ether oxygens (including phenoxy) is 1. The van der Waals surface area contributed by atoms with Crippen molar-refractivity contribution in [3.05, 3.63) is 0 Å². The van der Waals surface area contributed by atoms with E-state index < -0.39 is 0 Å². The Labute approximate surface area is 133 Å². The number of hydrogen-bond acceptors (Lipinski definition) is 3. The third-order valence-electron chi connectivity index (χ3n) is 4.55. The summed E-state index contributed by atoms with van der Waals surface area (Å²) in [6.45, 7) is 2.28. The van der Waals surface area contributed by atoms with Crippen molar-refractivity contribution in [1.82, 2.24) is 10.2 Å². The molecule has 2 aliphatic rings. The predicted octanol–water partition coefficient (Wildman–Crippen LogP) is 2.24. The summed E-state index contributed by atoms with van der Waals surface area (Å²) < 4.78 is 5.83. The minimum atomic E-state index is -0.0482. The molecule has 0 atom stereocenters. The van der Waals surface area contributed by atoms with Crippen LogP contribution >= 0.6 is 0 Å². The zero-order chi connectivity index (χ0) is 15.6. The van der Waals surface area contributed by atoms with Gasteiger partial charge in [0.05, 0.1) is 12.6 Å². The minimum Gasteiger partial charge on any atom is -0.378 e. The van der Waals surface area contributed by atoms with Crippen LogP contribution in [0, 0.1) is 0 Å². The Morgan fingerprint density at radius 3 is 2.73 bits per heavy atom. The van der Waals surface area contributed by atoms with Crippen LogP contribution in [-0.2, 0) is 14.3 Å². The van der Waals surface area contributed by atoms with Gasteiger partial charge in [-0.05, 0) is 32.1 Å². The van der Waals surface area contributed by atoms with Gasteiger partial charge in [-0.1, -0.05) is 25.7 Å². The molecule has 5 heteroatoms. The number of nitrogens with zero attached hydrogens (tertiary/aromatic N) is 1. The number of carbonyl (C=O) groups is 2. The van der Waals surface area contributed by atoms with Crippen LogP contribution in [0.5, 0.6) is 0 Å². The number of carbonyl (C=O) groups excluding carboxylic acids is 2. The number of rotatable bonds is 7. The summed E-state index contributed by atoms with van der Waals surface area (Å²) >= 11 is 0. The molecule has 0 bridgehead atoms. The lowest BCUT2D eigenvalue weighted by Crippen LogP contribution is -2.40. The summed E-state index contributed by atoms with van der Waals surface area (Å²) in [5, 5.41) is 2.90. The van der Waals surface area contributed by atoms with Gasteiger partial charge in [-0.15, -0.1) is 0 Å². The molecule has 1 N–H and O–H groups in total. The second-order valence-corrected chi connectivity index (χ2v) is 6.46. The maximum absolute atomic E-state index is 11.9. The van der Waals surface area contributed by atoms with Gasteiger partial charge in [0.1, 0.15) is 0 Å². The lowest BCUT2D eigenvalue weighted by Gasteiger charge is -2.22. The van der Waals surface area contributed by atoms with Gasteiger partial charge in [-0.3, -0.25) is 9.59 Å². The van der Waals surface area contributed by atoms with E-state index in [1.807, 2.05) is 0 Å². The minimum absolute atomic E-state index is 0.0482. The molecule has 5 nitrogen and oxygen atoms in total. The molecule has 0 spiro atoms. The summed E-state index contributed by atoms with van der Waals surface area (Å²) in [5.41, 5.74) is 0. The highest BCUT2D eigenvalue weighted by Gasteiger charge is 2.19. The molecule has 0 aromatic carbocycles. The largest absolute Gasteiger partial charge is 0.378 e. The zero-order valence-corrected chi connectivity index (χ0v) is 13.6. The van der Waals surface area contributed by atoms with E-state index in [-0.39, 0.29) is 18.4 Å². The van der Waals surface area contributed by atoms with E-state index in [0.717, 1.165) is 32.2 Å². The van der Waals surface area contributed by atoms with Gasteiger partial charge in [-0.2, -0.15) is 0 Å². The first kappa shape index (κ1) is 17.3. The van der Waals surface area contributed by atoms with Gasteiger partial charge < -0.3 is 15.0 Å². The van der Waals surface area contributed by atoms with Crippen LogP contribution in [0.3, 0.4) is 0 Å². The summed E-state index contributed by atoms with van der Waals surface area (Å²) in [5.74, 6) is 0.0706. The third kappa shape index (κ3) is 6.34. The van der Waals surface area contributed by atoms with E-state index in [4.69, 9.17) is 4.74 Å². The monoisotopic (exact) mass is 310 g/mol. The average Bonchev–Trinajstić information content (AvgIpc) is 2.73. The van der Waals surface area contributed by atoms with Crippen molar-refractivity contribution in [1.29, 1.82) is 0 Å². The molecule has 1 aliphatic carbocycles. The normalized spacial score (nSPS) is 20.7. The second-order valence-electron chi connectivity index (χ2n) is 6.46. The lowest BCUT2D eigenvalue weighted by atomic mass is 9.98. The maximum Gasteiger partial charge on any atom is 0.239 e. The van der Waals surface area contributed by atoms with Crippen molar-refractivity contribution in [2.45, 2.75) is 70.3 Å². The molecule has 1 saturated carbocycles. The van der Waals surface area contributed by atoms with Crippen molar-refractivity contribution in [3.8, 4) is 0 Å². The first-order valence-corrected chi connectivity index (χ1v) is 8.92. The molecule has 126 valence electrons. The predicted molar refractivity (Wildman–Crippen MR) is 85.5 cm³/mol. The topological polar surface area (TPSA) is 58.6 Å². The molecule has 0 unspecified atom stereocenters. The van der Waals surface area contributed by atoms with E-state index in [9.17, 15) is 9.59 Å². The number of amides is 2. The molecule has 1 aliphatic heterocycles. The van der Waals surface area contributed by atoms with Crippen LogP contribution in [0.4, 0.5) is 0 Å². The van der Waals surface area contributed by atoms with E-state index in [1.165, 1.54) is 32.1 Å². The molecule has 22 heavy (non-hydrogen) atoms. The first-order chi connectivity index (χ1) is 10.8. The van der Waals surface area contributed by atoms with Crippen molar-refractivity contribution in [2.24, 2.45) is 0 Å². The van der Waals surface area contributed by atoms with Gasteiger partial charge in [0.2, 0.25) is 11.8 Å². The number of likely N-dealkylation sites (tertiary alicyclic amines) is 1. The van der Waals surface area contributed by atoms with Gasteiger partial charge >= 0.3 is 0 Å². The van der Waals surface area contributed by atoms with Gasteiger partial charge in [0.25, 0.3) is 0 Å². The Bertz CT molecular complexity index is 354. The summed E-state index contributed by atoms with van der Waals surface area (Å²) in [6, 6.07) is 0. The highest BCUT2D eigenvalue weighted by Crippen LogP contribution is 2.20. The van der Waals surface area contributed by atoms with Crippen LogP contribution in [0.2, 0.25) is 0 Å². The fourth-order valence-electron chi connectivity index (χ4n) is 3.22. The Morgan fingerprint density at radius 2 is 1.91 bits per heavy atom. The van der Waals surface area contributed by atoms with Gasteiger partial charge in [0.15, 0.2) is 0 Å². The summed E-state index contributed by atoms with van der Waals surface area (Å²) in [6.07, 6.45) is 11.2. The van der Waals surface area contributed by atoms with Crippen LogP contribution in [-0.4, -0.2) is 49.1 Å². The average molecular weight is 310 g/mol. The van der Waals surface area contributed by atoms with Crippen molar-refractivity contribution < 1.29 is 14.3 Å². The summed E-state index contributed by atoms with van der Waals surface area (Å²) in [7, 11) is 0. The van der Waals surface area contributed by atoms with Crippen LogP contribution in [0.1, 0.15) is 64.2 Å². The molecular weight excluding hydrogens is 280 g/mol. The quantitative estimate of drug-likeness (QED) is 0.734. The highest BCUT2D eigenvalue weighted by molar-refractivity contribution is 5.84. The van der Waals surface area contributed by atoms with Crippen LogP contribution in [0.15, 0.2) is 0 Å². The molecule has 1 heterocycles. The molecular formula is C17H30N2O3. The molecule has 0 aromatic heterocycles. The fourth-order valence-corrected chi connectivity index (χ4v) is 3.22. The van der Waals surface area contributed by atoms with E-state index >= 15 is 0 Å². The fraction of sp³-hybridized carbons (Fsp3) is 0.882. The molecule has 0 aromatic rings. The van der Waals surface area contributed by atoms with Gasteiger partial charge in [-0.25, -0.2) is 0 Å². The Morgan fingerprint density at radius 1 is 1.14 bits per heavy atom. The van der Waals surface area contributed by atoms with Crippen LogP contribution in [0.25, 0.3) is 0 Å². The number of nitrogens with one attached hydrogen (secondary N) is 1. The maximum atomic E-state index is 11.9. The van der Waals surface area contributed by atoms with Crippen molar-refractivity contribution in [2.75, 3.05) is 26.2 Å². The van der Waals surface area contributed by atoms with Crippen LogP contribution < -0.4 is 5.32 Å². The molecule has 2 fully saturated rings. The SMILES string of the molecule is O=C(CN1CCCCCC1=O)NCCCOC1CCCCC1. The Balaban J connectivity index is 1.52. The van der Waals surface area contributed by atoms with Crippen molar-refractivity contribution in [3.63, 3.8) is 0 Å². The highest BCUT2D eigenvalue weighted by atomic mass is 16.5. The molecule has 0 radical (unpaired) electrons. The molecule has 2 rings (SSSR count). The van der Waals surface area contributed by atoms with E-state index in [1.54, 1.807) is 4.90 Å². The van der Waals surface area contributed by atoms with Crippen molar-refractivity contribution >= 4 is 11.8 Å². The Kier molecular flexibility index (Phi) is 7.71. The third-order valence-corrected chi connectivity index (χ3v) is 4.55. The zero-order valence-electron chi connectivity index (χ0n) is 13.6.